The van der Waals surface area contributed by atoms with Crippen LogP contribution in [0, 0.1) is 5.92 Å². The summed E-state index contributed by atoms with van der Waals surface area (Å²) in [6, 6.07) is 11.2. The average Bonchev–Trinajstić information content (AvgIpc) is 3.21. The molecule has 2 atom stereocenters. The van der Waals surface area contributed by atoms with Crippen LogP contribution in [-0.4, -0.2) is 73.5 Å². The van der Waals surface area contributed by atoms with Crippen molar-refractivity contribution >= 4 is 41.2 Å². The van der Waals surface area contributed by atoms with E-state index in [1.807, 2.05) is 32.0 Å². The van der Waals surface area contributed by atoms with Gasteiger partial charge in [-0.3, -0.25) is 9.52 Å². The minimum atomic E-state index is -2.75. The predicted octanol–water partition coefficient (Wildman–Crippen LogP) is 7.61. The maximum Gasteiger partial charge on any atom is 0.327 e. The van der Waals surface area contributed by atoms with Crippen LogP contribution in [0.3, 0.4) is 0 Å². The predicted molar refractivity (Wildman–Crippen MR) is 193 cm³/mol. The summed E-state index contributed by atoms with van der Waals surface area (Å²) >= 11 is 7.62. The largest absolute Gasteiger partial charge is 0.490 e. The molecule has 5 rings (SSSR count). The van der Waals surface area contributed by atoms with Crippen LogP contribution in [0.2, 0.25) is 5.02 Å². The van der Waals surface area contributed by atoms with Crippen LogP contribution < -0.4 is 20.1 Å². The Labute approximate surface area is 293 Å². The van der Waals surface area contributed by atoms with Crippen molar-refractivity contribution in [2.75, 3.05) is 50.5 Å². The van der Waals surface area contributed by atoms with Gasteiger partial charge >= 0.3 is 6.03 Å². The number of urea groups is 1. The third kappa shape index (κ3) is 10.5. The molecule has 2 aromatic carbocycles. The third-order valence-electron chi connectivity index (χ3n) is 8.73. The highest BCUT2D eigenvalue weighted by molar-refractivity contribution is 7.97. The van der Waals surface area contributed by atoms with Gasteiger partial charge in [0.25, 0.3) is 5.92 Å². The number of anilines is 1. The molecule has 48 heavy (non-hydrogen) atoms. The van der Waals surface area contributed by atoms with E-state index < -0.39 is 31.0 Å². The van der Waals surface area contributed by atoms with E-state index in [-0.39, 0.29) is 5.41 Å². The summed E-state index contributed by atoms with van der Waals surface area (Å²) in [6.45, 7) is 7.28. The number of nitrogens with one attached hydrogen (secondary N) is 1. The van der Waals surface area contributed by atoms with Gasteiger partial charge in [-0.05, 0) is 104 Å². The molecule has 8 nitrogen and oxygen atoms in total. The Morgan fingerprint density at radius 2 is 1.88 bits per heavy atom. The number of primary amides is 1. The Bertz CT molecular complexity index is 1390. The summed E-state index contributed by atoms with van der Waals surface area (Å²) in [5.74, 6) is -1.38. The molecule has 3 aliphatic rings. The number of carbonyl (C=O) groups is 2. The molecular formula is C36H51ClF2N4O4S. The fourth-order valence-corrected chi connectivity index (χ4v) is 7.30. The second kappa shape index (κ2) is 18.7. The van der Waals surface area contributed by atoms with E-state index in [0.717, 1.165) is 86.5 Å². The van der Waals surface area contributed by atoms with Crippen LogP contribution in [0.1, 0.15) is 80.8 Å². The van der Waals surface area contributed by atoms with Crippen molar-refractivity contribution < 1.29 is 28.2 Å². The van der Waals surface area contributed by atoms with Gasteiger partial charge in [-0.25, -0.2) is 13.6 Å². The second-order valence-corrected chi connectivity index (χ2v) is 13.7. The molecule has 0 saturated carbocycles. The maximum absolute atomic E-state index is 12.9. The Morgan fingerprint density at radius 3 is 2.58 bits per heavy atom. The lowest BCUT2D eigenvalue weighted by Gasteiger charge is -2.41. The highest BCUT2D eigenvalue weighted by Gasteiger charge is 2.46. The van der Waals surface area contributed by atoms with Crippen molar-refractivity contribution in [1.29, 1.82) is 0 Å². The number of benzene rings is 2. The maximum atomic E-state index is 12.9. The first-order chi connectivity index (χ1) is 23.1. The highest BCUT2D eigenvalue weighted by Crippen LogP contribution is 2.44. The third-order valence-corrected chi connectivity index (χ3v) is 10.0. The van der Waals surface area contributed by atoms with Crippen LogP contribution in [-0.2, 0) is 11.8 Å². The van der Waals surface area contributed by atoms with E-state index in [1.165, 1.54) is 23.1 Å². The number of aliphatic hydroxyl groups excluding tert-OH is 1. The number of rotatable bonds is 11. The summed E-state index contributed by atoms with van der Waals surface area (Å²) in [5.41, 5.74) is 9.45. The van der Waals surface area contributed by atoms with Crippen LogP contribution in [0.4, 0.5) is 19.3 Å². The number of alkyl halides is 2. The molecule has 1 aliphatic carbocycles. The summed E-state index contributed by atoms with van der Waals surface area (Å²) in [7, 11) is 1.00. The van der Waals surface area contributed by atoms with Crippen molar-refractivity contribution in [3.05, 3.63) is 70.3 Å². The Hall–Kier alpha value is -3.02. The lowest BCUT2D eigenvalue weighted by molar-refractivity contribution is -0.108. The highest BCUT2D eigenvalue weighted by atomic mass is 35.5. The zero-order chi connectivity index (χ0) is 35.3. The minimum absolute atomic E-state index is 0.169. The lowest BCUT2D eigenvalue weighted by Crippen LogP contribution is -2.60. The van der Waals surface area contributed by atoms with Crippen LogP contribution >= 0.6 is 23.5 Å². The van der Waals surface area contributed by atoms with E-state index >= 15 is 0 Å². The van der Waals surface area contributed by atoms with Gasteiger partial charge < -0.3 is 25.4 Å². The fourth-order valence-electron chi connectivity index (χ4n) is 6.35. The molecule has 2 heterocycles. The molecule has 2 aliphatic heterocycles. The number of allylic oxidation sites excluding steroid dienone is 2. The Morgan fingerprint density at radius 1 is 1.12 bits per heavy atom. The van der Waals surface area contributed by atoms with Crippen LogP contribution in [0.5, 0.6) is 5.75 Å². The van der Waals surface area contributed by atoms with Gasteiger partial charge in [0.1, 0.15) is 5.75 Å². The fraction of sp³-hybridized carbons (Fsp3) is 0.556. The van der Waals surface area contributed by atoms with Gasteiger partial charge in [0.2, 0.25) is 5.91 Å². The normalized spacial score (nSPS) is 19.7. The molecule has 0 radical (unpaired) electrons. The zero-order valence-corrected chi connectivity index (χ0v) is 30.1. The average molecular weight is 709 g/mol. The zero-order valence-electron chi connectivity index (χ0n) is 28.6. The first kappa shape index (κ1) is 39.4. The van der Waals surface area contributed by atoms with E-state index in [9.17, 15) is 18.4 Å². The summed E-state index contributed by atoms with van der Waals surface area (Å²) < 4.78 is 35.0. The van der Waals surface area contributed by atoms with Crippen LogP contribution in [0.25, 0.3) is 0 Å². The number of halogens is 3. The van der Waals surface area contributed by atoms with Gasteiger partial charge in [0, 0.05) is 42.0 Å². The molecule has 12 heteroatoms. The number of fused-ring (bicyclic) bond motifs is 3. The number of nitrogens with zero attached hydrogens (tertiary/aromatic N) is 2. The van der Waals surface area contributed by atoms with Crippen LogP contribution in [0.15, 0.2) is 48.6 Å². The number of amides is 3. The number of unbranched alkanes of at least 4 members (excludes halogenated alkanes) is 2. The van der Waals surface area contributed by atoms with Gasteiger partial charge in [-0.15, -0.1) is 0 Å². The van der Waals surface area contributed by atoms with Gasteiger partial charge in [0.05, 0.1) is 25.4 Å². The molecular weight excluding hydrogens is 658 g/mol. The van der Waals surface area contributed by atoms with Gasteiger partial charge in [0.15, 0.2) is 0 Å². The molecule has 0 bridgehead atoms. The SMILES string of the molecule is CC.CO.C[C@@H](C/C=C/CCCCN1C[C@@]2(CCCc3cc(Cl)ccc32)COc2ccc(C(N)=O)cc21)CSNC(=O)N1CC(F)(F)C1. The monoisotopic (exact) mass is 708 g/mol. The van der Waals surface area contributed by atoms with Crippen molar-refractivity contribution in [3.8, 4) is 5.75 Å². The van der Waals surface area contributed by atoms with E-state index in [0.29, 0.717) is 23.8 Å². The molecule has 0 unspecified atom stereocenters. The van der Waals surface area contributed by atoms with E-state index in [1.54, 1.807) is 6.07 Å². The lowest BCUT2D eigenvalue weighted by atomic mass is 9.70. The Balaban J connectivity index is 0.00000151. The van der Waals surface area contributed by atoms with E-state index in [4.69, 9.17) is 27.2 Å². The number of carbonyl (C=O) groups excluding carboxylic acids is 2. The van der Waals surface area contributed by atoms with Gasteiger partial charge in [-0.2, -0.15) is 0 Å². The summed E-state index contributed by atoms with van der Waals surface area (Å²) in [5, 5.41) is 7.76. The molecule has 266 valence electrons. The van der Waals surface area contributed by atoms with Crippen molar-refractivity contribution in [1.82, 2.24) is 9.62 Å². The first-order valence-corrected chi connectivity index (χ1v) is 18.2. The molecule has 1 spiro atoms. The van der Waals surface area contributed by atoms with E-state index in [2.05, 4.69) is 40.8 Å². The number of ether oxygens (including phenoxy) is 1. The number of hydrogen-bond donors (Lipinski definition) is 3. The van der Waals surface area contributed by atoms with Gasteiger partial charge in [-0.1, -0.05) is 50.6 Å². The number of hydrogen-bond acceptors (Lipinski definition) is 6. The molecule has 1 saturated heterocycles. The number of likely N-dealkylation sites (tertiary alicyclic amines) is 1. The number of aliphatic hydroxyl groups is 1. The molecule has 4 N–H and O–H groups in total. The molecule has 0 aromatic heterocycles. The molecule has 3 amide bonds. The minimum Gasteiger partial charge on any atom is -0.490 e. The quantitative estimate of drug-likeness (QED) is 0.126. The summed E-state index contributed by atoms with van der Waals surface area (Å²) in [6.07, 6.45) is 11.3. The first-order valence-electron chi connectivity index (χ1n) is 16.8. The Kier molecular flexibility index (Phi) is 15.3. The van der Waals surface area contributed by atoms with Crippen molar-refractivity contribution in [2.45, 2.75) is 77.1 Å². The number of nitrogens with two attached hydrogens (primary N) is 1. The van der Waals surface area contributed by atoms with Crippen molar-refractivity contribution in [3.63, 3.8) is 0 Å². The number of aryl methyl sites for hydroxylation is 1. The van der Waals surface area contributed by atoms with Crippen molar-refractivity contribution in [2.24, 2.45) is 11.7 Å². The molecule has 1 fully saturated rings. The smallest absolute Gasteiger partial charge is 0.327 e. The summed E-state index contributed by atoms with van der Waals surface area (Å²) in [4.78, 5) is 27.4. The topological polar surface area (TPSA) is 108 Å². The second-order valence-electron chi connectivity index (χ2n) is 12.4. The standard InChI is InChI=1S/C33H41ClF2N4O3S.C2H6.CH4O/c1-23(18-44-38-31(42)40-20-33(35,36)21-40)8-5-3-2-4-6-15-39-19-32(14-7-9-24-16-26(34)11-12-27(24)32)22-43-29-13-10-25(30(37)41)17-28(29)39;2*1-2/h3,5,10-13,16-17,23H,2,4,6-9,14-15,18-22H2,1H3,(H2,37,41)(H,38,42);1-2H3;2H,1H3/b5-3+;;/t23-,32-;;/m0../s1. The molecule has 2 aromatic rings.